The first kappa shape index (κ1) is 14.3. The molecule has 0 amide bonds. The van der Waals surface area contributed by atoms with Crippen LogP contribution in [0.5, 0.6) is 0 Å². The summed E-state index contributed by atoms with van der Waals surface area (Å²) in [5.74, 6) is 0.391. The monoisotopic (exact) mass is 395 g/mol. The van der Waals surface area contributed by atoms with E-state index >= 15 is 0 Å². The Bertz CT molecular complexity index is 602. The predicted octanol–water partition coefficient (Wildman–Crippen LogP) is 4.76. The highest BCUT2D eigenvalue weighted by molar-refractivity contribution is 9.10. The lowest BCUT2D eigenvalue weighted by Gasteiger charge is -2.12. The summed E-state index contributed by atoms with van der Waals surface area (Å²) in [6.07, 6.45) is -3.09. The van der Waals surface area contributed by atoms with Crippen LogP contribution in [0.4, 0.5) is 24.7 Å². The van der Waals surface area contributed by atoms with E-state index in [2.05, 4.69) is 47.1 Å². The first-order chi connectivity index (χ1) is 8.86. The van der Waals surface area contributed by atoms with Crippen LogP contribution in [0.2, 0.25) is 0 Å². The van der Waals surface area contributed by atoms with Gasteiger partial charge in [0.1, 0.15) is 16.7 Å². The van der Waals surface area contributed by atoms with Crippen LogP contribution in [0, 0.1) is 0 Å². The van der Waals surface area contributed by atoms with Crippen LogP contribution in [0.1, 0.15) is 5.56 Å². The first-order valence-corrected chi connectivity index (χ1v) is 6.56. The summed E-state index contributed by atoms with van der Waals surface area (Å²) < 4.78 is 38.9. The average Bonchev–Trinajstić information content (AvgIpc) is 2.30. The van der Waals surface area contributed by atoms with Gasteiger partial charge in [0.2, 0.25) is 0 Å². The molecule has 19 heavy (non-hydrogen) atoms. The molecular weight excluding hydrogens is 391 g/mol. The lowest BCUT2D eigenvalue weighted by Crippen LogP contribution is -2.06. The fourth-order valence-corrected chi connectivity index (χ4v) is 1.99. The van der Waals surface area contributed by atoms with Gasteiger partial charge in [-0.15, -0.1) is 0 Å². The molecular formula is C11H6Br2F3N3. The topological polar surface area (TPSA) is 37.8 Å². The van der Waals surface area contributed by atoms with Crippen molar-refractivity contribution in [2.24, 2.45) is 0 Å². The van der Waals surface area contributed by atoms with E-state index in [1.54, 1.807) is 6.07 Å². The molecule has 1 N–H and O–H groups in total. The summed E-state index contributed by atoms with van der Waals surface area (Å²) in [6.45, 7) is 0. The minimum atomic E-state index is -4.39. The van der Waals surface area contributed by atoms with Crippen LogP contribution in [-0.4, -0.2) is 9.97 Å². The third kappa shape index (κ3) is 3.66. The Kier molecular flexibility index (Phi) is 4.10. The molecule has 0 unspecified atom stereocenters. The van der Waals surface area contributed by atoms with Crippen molar-refractivity contribution in [3.05, 3.63) is 45.2 Å². The summed E-state index contributed by atoms with van der Waals surface area (Å²) in [5, 5.41) is 2.80. The maximum absolute atomic E-state index is 12.6. The fraction of sp³-hybridized carbons (Fsp3) is 0.0909. The SMILES string of the molecule is FC(F)(F)c1ccc(Br)c(Nc2cc(Br)ncn2)c1. The Morgan fingerprint density at radius 3 is 2.42 bits per heavy atom. The van der Waals surface area contributed by atoms with Crippen LogP contribution < -0.4 is 5.32 Å². The van der Waals surface area contributed by atoms with Crippen molar-refractivity contribution in [2.45, 2.75) is 6.18 Å². The summed E-state index contributed by atoms with van der Waals surface area (Å²) in [7, 11) is 0. The zero-order valence-corrected chi connectivity index (χ0v) is 12.3. The van der Waals surface area contributed by atoms with E-state index in [-0.39, 0.29) is 5.69 Å². The van der Waals surface area contributed by atoms with Crippen molar-refractivity contribution in [3.63, 3.8) is 0 Å². The molecule has 0 bridgehead atoms. The number of rotatable bonds is 2. The standard InChI is InChI=1S/C11H6Br2F3N3/c12-7-2-1-6(11(14,15)16)3-8(7)19-10-4-9(13)17-5-18-10/h1-5H,(H,17,18,19). The van der Waals surface area contributed by atoms with Gasteiger partial charge < -0.3 is 5.32 Å². The zero-order chi connectivity index (χ0) is 14.0. The Morgan fingerprint density at radius 1 is 1.05 bits per heavy atom. The molecule has 2 aromatic rings. The number of anilines is 2. The molecule has 0 spiro atoms. The van der Waals surface area contributed by atoms with Crippen LogP contribution in [-0.2, 0) is 6.18 Å². The van der Waals surface area contributed by atoms with E-state index in [0.29, 0.717) is 14.9 Å². The van der Waals surface area contributed by atoms with Gasteiger partial charge in [-0.05, 0) is 50.1 Å². The Hall–Kier alpha value is -1.15. The van der Waals surface area contributed by atoms with Gasteiger partial charge in [0, 0.05) is 10.5 Å². The lowest BCUT2D eigenvalue weighted by molar-refractivity contribution is -0.137. The molecule has 0 saturated heterocycles. The highest BCUT2D eigenvalue weighted by Crippen LogP contribution is 2.34. The molecule has 0 aliphatic rings. The summed E-state index contributed by atoms with van der Waals surface area (Å²) >= 11 is 6.35. The number of benzene rings is 1. The number of nitrogens with zero attached hydrogens (tertiary/aromatic N) is 2. The molecule has 0 fully saturated rings. The van der Waals surface area contributed by atoms with Crippen LogP contribution in [0.3, 0.4) is 0 Å². The van der Waals surface area contributed by atoms with Crippen LogP contribution >= 0.6 is 31.9 Å². The number of hydrogen-bond donors (Lipinski definition) is 1. The van der Waals surface area contributed by atoms with Gasteiger partial charge >= 0.3 is 6.18 Å². The smallest absolute Gasteiger partial charge is 0.339 e. The van der Waals surface area contributed by atoms with E-state index in [9.17, 15) is 13.2 Å². The molecule has 0 saturated carbocycles. The number of alkyl halides is 3. The highest BCUT2D eigenvalue weighted by atomic mass is 79.9. The van der Waals surface area contributed by atoms with Gasteiger partial charge in [-0.2, -0.15) is 13.2 Å². The van der Waals surface area contributed by atoms with E-state index in [1.807, 2.05) is 0 Å². The van der Waals surface area contributed by atoms with Crippen molar-refractivity contribution in [2.75, 3.05) is 5.32 Å². The van der Waals surface area contributed by atoms with Crippen molar-refractivity contribution in [1.82, 2.24) is 9.97 Å². The van der Waals surface area contributed by atoms with Crippen molar-refractivity contribution in [3.8, 4) is 0 Å². The Labute approximate surface area is 123 Å². The lowest BCUT2D eigenvalue weighted by atomic mass is 10.2. The quantitative estimate of drug-likeness (QED) is 0.743. The number of hydrogen-bond acceptors (Lipinski definition) is 3. The third-order valence-corrected chi connectivity index (χ3v) is 3.32. The minimum absolute atomic E-state index is 0.278. The Balaban J connectivity index is 2.34. The van der Waals surface area contributed by atoms with Gasteiger partial charge in [-0.25, -0.2) is 9.97 Å². The maximum Gasteiger partial charge on any atom is 0.416 e. The highest BCUT2D eigenvalue weighted by Gasteiger charge is 2.30. The molecule has 0 aliphatic heterocycles. The molecule has 1 aromatic heterocycles. The van der Waals surface area contributed by atoms with E-state index in [4.69, 9.17) is 0 Å². The predicted molar refractivity (Wildman–Crippen MR) is 72.2 cm³/mol. The molecule has 2 rings (SSSR count). The van der Waals surface area contributed by atoms with E-state index < -0.39 is 11.7 Å². The van der Waals surface area contributed by atoms with Crippen molar-refractivity contribution >= 4 is 43.4 Å². The van der Waals surface area contributed by atoms with Crippen LogP contribution in [0.25, 0.3) is 0 Å². The van der Waals surface area contributed by atoms with Crippen LogP contribution in [0.15, 0.2) is 39.7 Å². The first-order valence-electron chi connectivity index (χ1n) is 4.97. The fourth-order valence-electron chi connectivity index (χ4n) is 1.34. The summed E-state index contributed by atoms with van der Waals surface area (Å²) in [6, 6.07) is 4.92. The van der Waals surface area contributed by atoms with Crippen molar-refractivity contribution < 1.29 is 13.2 Å². The largest absolute Gasteiger partial charge is 0.416 e. The number of halogens is 5. The zero-order valence-electron chi connectivity index (χ0n) is 9.17. The molecule has 0 atom stereocenters. The van der Waals surface area contributed by atoms with Gasteiger partial charge in [-0.3, -0.25) is 0 Å². The normalized spacial score (nSPS) is 11.4. The summed E-state index contributed by atoms with van der Waals surface area (Å²) in [5.41, 5.74) is -0.452. The van der Waals surface area contributed by atoms with Gasteiger partial charge in [-0.1, -0.05) is 0 Å². The molecule has 1 heterocycles. The van der Waals surface area contributed by atoms with E-state index in [1.165, 1.54) is 12.4 Å². The summed E-state index contributed by atoms with van der Waals surface area (Å²) in [4.78, 5) is 7.75. The van der Waals surface area contributed by atoms with E-state index in [0.717, 1.165) is 12.1 Å². The minimum Gasteiger partial charge on any atom is -0.339 e. The molecule has 8 heteroatoms. The number of aromatic nitrogens is 2. The molecule has 0 aliphatic carbocycles. The average molecular weight is 397 g/mol. The second kappa shape index (κ2) is 5.46. The van der Waals surface area contributed by atoms with Gasteiger partial charge in [0.15, 0.2) is 0 Å². The molecule has 0 radical (unpaired) electrons. The van der Waals surface area contributed by atoms with Gasteiger partial charge in [0.25, 0.3) is 0 Å². The van der Waals surface area contributed by atoms with Crippen molar-refractivity contribution in [1.29, 1.82) is 0 Å². The Morgan fingerprint density at radius 2 is 1.79 bits per heavy atom. The van der Waals surface area contributed by atoms with Gasteiger partial charge in [0.05, 0.1) is 11.3 Å². The molecule has 100 valence electrons. The molecule has 3 nitrogen and oxygen atoms in total. The molecule has 1 aromatic carbocycles. The second-order valence-electron chi connectivity index (χ2n) is 3.54. The third-order valence-electron chi connectivity index (χ3n) is 2.19. The maximum atomic E-state index is 12.6. The second-order valence-corrected chi connectivity index (χ2v) is 5.21. The number of nitrogens with one attached hydrogen (secondary N) is 1.